The number of ether oxygens (including phenoxy) is 1. The molecule has 8 nitrogen and oxygen atoms in total. The second-order valence-corrected chi connectivity index (χ2v) is 6.18. The Labute approximate surface area is 145 Å². The van der Waals surface area contributed by atoms with Gasteiger partial charge in [-0.2, -0.15) is 0 Å². The van der Waals surface area contributed by atoms with E-state index in [4.69, 9.17) is 9.26 Å². The standard InChI is InChI=1S/C17H22N4O4/c1-12-7-16(19-25-12)18-17(23)11-21-10-15(24-2)14(22)8-13(21)9-20-5-3-4-6-20/h7-8,10H,3-6,9,11H2,1-2H3,(H,18,19,23). The molecule has 0 atom stereocenters. The Morgan fingerprint density at radius 3 is 2.76 bits per heavy atom. The molecular weight excluding hydrogens is 324 g/mol. The van der Waals surface area contributed by atoms with Crippen molar-refractivity contribution in [1.82, 2.24) is 14.6 Å². The summed E-state index contributed by atoms with van der Waals surface area (Å²) < 4.78 is 11.8. The summed E-state index contributed by atoms with van der Waals surface area (Å²) in [6.07, 6.45) is 3.90. The molecule has 2 aromatic rings. The molecule has 0 radical (unpaired) electrons. The Morgan fingerprint density at radius 1 is 1.36 bits per heavy atom. The molecule has 0 aromatic carbocycles. The van der Waals surface area contributed by atoms with Crippen LogP contribution >= 0.6 is 0 Å². The van der Waals surface area contributed by atoms with Crippen molar-refractivity contribution in [3.8, 4) is 5.75 Å². The number of anilines is 1. The molecule has 0 saturated carbocycles. The minimum Gasteiger partial charge on any atom is -0.491 e. The second-order valence-electron chi connectivity index (χ2n) is 6.18. The van der Waals surface area contributed by atoms with Gasteiger partial charge in [0, 0.05) is 24.4 Å². The van der Waals surface area contributed by atoms with E-state index in [1.54, 1.807) is 29.8 Å². The van der Waals surface area contributed by atoms with E-state index in [0.29, 0.717) is 18.1 Å². The van der Waals surface area contributed by atoms with Crippen molar-refractivity contribution in [2.45, 2.75) is 32.9 Å². The van der Waals surface area contributed by atoms with Gasteiger partial charge in [-0.3, -0.25) is 14.5 Å². The zero-order valence-corrected chi connectivity index (χ0v) is 14.4. The molecule has 0 unspecified atom stereocenters. The number of hydrogen-bond acceptors (Lipinski definition) is 6. The number of carbonyl (C=O) groups is 1. The summed E-state index contributed by atoms with van der Waals surface area (Å²) in [5.41, 5.74) is 0.611. The van der Waals surface area contributed by atoms with Crippen LogP contribution in [0.4, 0.5) is 5.82 Å². The maximum absolute atomic E-state index is 12.3. The Bertz CT molecular complexity index is 805. The number of amides is 1. The van der Waals surface area contributed by atoms with Crippen molar-refractivity contribution in [2.24, 2.45) is 0 Å². The van der Waals surface area contributed by atoms with E-state index < -0.39 is 0 Å². The summed E-state index contributed by atoms with van der Waals surface area (Å²) in [5, 5.41) is 6.44. The van der Waals surface area contributed by atoms with Crippen molar-refractivity contribution in [1.29, 1.82) is 0 Å². The van der Waals surface area contributed by atoms with Crippen LogP contribution in [-0.4, -0.2) is 40.7 Å². The number of pyridine rings is 1. The number of methoxy groups -OCH3 is 1. The lowest BCUT2D eigenvalue weighted by molar-refractivity contribution is -0.116. The third kappa shape index (κ3) is 4.27. The summed E-state index contributed by atoms with van der Waals surface area (Å²) in [4.78, 5) is 26.7. The third-order valence-corrected chi connectivity index (χ3v) is 4.20. The highest BCUT2D eigenvalue weighted by Gasteiger charge is 2.17. The minimum absolute atomic E-state index is 0.0612. The van der Waals surface area contributed by atoms with Gasteiger partial charge < -0.3 is 19.1 Å². The molecule has 2 aromatic heterocycles. The van der Waals surface area contributed by atoms with Gasteiger partial charge in [-0.25, -0.2) is 0 Å². The molecule has 0 bridgehead atoms. The van der Waals surface area contributed by atoms with E-state index >= 15 is 0 Å². The van der Waals surface area contributed by atoms with E-state index in [1.165, 1.54) is 7.11 Å². The van der Waals surface area contributed by atoms with Gasteiger partial charge in [0.2, 0.25) is 11.3 Å². The lowest BCUT2D eigenvalue weighted by Crippen LogP contribution is -2.27. The number of carbonyl (C=O) groups excluding carboxylic acids is 1. The molecule has 1 aliphatic rings. The van der Waals surface area contributed by atoms with E-state index in [1.807, 2.05) is 0 Å². The number of likely N-dealkylation sites (tertiary alicyclic amines) is 1. The maximum Gasteiger partial charge on any atom is 0.245 e. The summed E-state index contributed by atoms with van der Waals surface area (Å²) in [6.45, 7) is 4.46. The molecule has 1 fully saturated rings. The van der Waals surface area contributed by atoms with Gasteiger partial charge in [0.1, 0.15) is 12.3 Å². The monoisotopic (exact) mass is 346 g/mol. The molecule has 0 aliphatic carbocycles. The lowest BCUT2D eigenvalue weighted by atomic mass is 10.3. The molecule has 1 N–H and O–H groups in total. The van der Waals surface area contributed by atoms with Crippen LogP contribution in [0.15, 0.2) is 27.6 Å². The normalized spacial score (nSPS) is 14.6. The van der Waals surface area contributed by atoms with Crippen LogP contribution < -0.4 is 15.5 Å². The molecule has 1 saturated heterocycles. The van der Waals surface area contributed by atoms with Crippen LogP contribution in [0.2, 0.25) is 0 Å². The number of rotatable bonds is 6. The zero-order chi connectivity index (χ0) is 17.8. The number of nitrogens with one attached hydrogen (secondary N) is 1. The fraction of sp³-hybridized carbons (Fsp3) is 0.471. The smallest absolute Gasteiger partial charge is 0.245 e. The molecule has 25 heavy (non-hydrogen) atoms. The number of nitrogens with zero attached hydrogens (tertiary/aromatic N) is 3. The first-order valence-corrected chi connectivity index (χ1v) is 8.28. The highest BCUT2D eigenvalue weighted by molar-refractivity contribution is 5.89. The van der Waals surface area contributed by atoms with Crippen LogP contribution in [0.3, 0.4) is 0 Å². The SMILES string of the molecule is COc1cn(CC(=O)Nc2cc(C)on2)c(CN2CCCC2)cc1=O. The molecule has 1 amide bonds. The van der Waals surface area contributed by atoms with E-state index in [0.717, 1.165) is 31.6 Å². The summed E-state index contributed by atoms with van der Waals surface area (Å²) >= 11 is 0. The highest BCUT2D eigenvalue weighted by atomic mass is 16.5. The van der Waals surface area contributed by atoms with Gasteiger partial charge in [0.15, 0.2) is 11.6 Å². The summed E-state index contributed by atoms with van der Waals surface area (Å²) in [6, 6.07) is 3.19. The topological polar surface area (TPSA) is 89.6 Å². The first-order chi connectivity index (χ1) is 12.0. The quantitative estimate of drug-likeness (QED) is 0.850. The molecule has 0 spiro atoms. The predicted octanol–water partition coefficient (Wildman–Crippen LogP) is 1.39. The van der Waals surface area contributed by atoms with Crippen LogP contribution in [0, 0.1) is 6.92 Å². The lowest BCUT2D eigenvalue weighted by Gasteiger charge is -2.19. The van der Waals surface area contributed by atoms with Crippen LogP contribution in [0.1, 0.15) is 24.3 Å². The van der Waals surface area contributed by atoms with Gasteiger partial charge in [0.05, 0.1) is 13.3 Å². The van der Waals surface area contributed by atoms with E-state index in [2.05, 4.69) is 15.4 Å². The molecule has 3 rings (SSSR count). The molecule has 134 valence electrons. The maximum atomic E-state index is 12.3. The Balaban J connectivity index is 1.79. The van der Waals surface area contributed by atoms with Gasteiger partial charge in [-0.1, -0.05) is 5.16 Å². The number of aromatic nitrogens is 2. The van der Waals surface area contributed by atoms with E-state index in [-0.39, 0.29) is 23.6 Å². The van der Waals surface area contributed by atoms with Crippen molar-refractivity contribution < 1.29 is 14.1 Å². The minimum atomic E-state index is -0.248. The van der Waals surface area contributed by atoms with Gasteiger partial charge >= 0.3 is 0 Å². The number of hydrogen-bond donors (Lipinski definition) is 1. The molecular formula is C17H22N4O4. The van der Waals surface area contributed by atoms with E-state index in [9.17, 15) is 9.59 Å². The fourth-order valence-electron chi connectivity index (χ4n) is 2.96. The van der Waals surface area contributed by atoms with Crippen molar-refractivity contribution in [3.05, 3.63) is 40.0 Å². The molecule has 3 heterocycles. The summed E-state index contributed by atoms with van der Waals surface area (Å²) in [5.74, 6) is 0.962. The van der Waals surface area contributed by atoms with Gasteiger partial charge in [-0.15, -0.1) is 0 Å². The summed E-state index contributed by atoms with van der Waals surface area (Å²) in [7, 11) is 1.44. The molecule has 1 aliphatic heterocycles. The number of aryl methyl sites for hydroxylation is 1. The Kier molecular flexibility index (Phi) is 5.18. The second kappa shape index (κ2) is 7.52. The highest BCUT2D eigenvalue weighted by Crippen LogP contribution is 2.14. The van der Waals surface area contributed by atoms with Crippen LogP contribution in [-0.2, 0) is 17.9 Å². The fourth-order valence-corrected chi connectivity index (χ4v) is 2.96. The van der Waals surface area contributed by atoms with Crippen molar-refractivity contribution in [2.75, 3.05) is 25.5 Å². The third-order valence-electron chi connectivity index (χ3n) is 4.20. The Hall–Kier alpha value is -2.61. The van der Waals surface area contributed by atoms with Crippen LogP contribution in [0.25, 0.3) is 0 Å². The largest absolute Gasteiger partial charge is 0.491 e. The zero-order valence-electron chi connectivity index (χ0n) is 14.4. The first kappa shape index (κ1) is 17.2. The first-order valence-electron chi connectivity index (χ1n) is 8.28. The average Bonchev–Trinajstić information content (AvgIpc) is 3.21. The Morgan fingerprint density at radius 2 is 2.12 bits per heavy atom. The van der Waals surface area contributed by atoms with Crippen molar-refractivity contribution >= 4 is 11.7 Å². The van der Waals surface area contributed by atoms with Crippen LogP contribution in [0.5, 0.6) is 5.75 Å². The van der Waals surface area contributed by atoms with Gasteiger partial charge in [0.25, 0.3) is 0 Å². The predicted molar refractivity (Wildman–Crippen MR) is 91.6 cm³/mol. The van der Waals surface area contributed by atoms with Gasteiger partial charge in [-0.05, 0) is 32.9 Å². The average molecular weight is 346 g/mol. The van der Waals surface area contributed by atoms with Crippen molar-refractivity contribution in [3.63, 3.8) is 0 Å². The molecule has 8 heteroatoms.